The van der Waals surface area contributed by atoms with Gasteiger partial charge >= 0.3 is 0 Å². The molecule has 0 amide bonds. The molecule has 0 N–H and O–H groups in total. The van der Waals surface area contributed by atoms with Crippen molar-refractivity contribution in [2.24, 2.45) is 0 Å². The van der Waals surface area contributed by atoms with E-state index >= 15 is 0 Å². The number of hydrogen-bond donors (Lipinski definition) is 0. The van der Waals surface area contributed by atoms with Crippen LogP contribution in [-0.2, 0) is 6.54 Å². The van der Waals surface area contributed by atoms with Gasteiger partial charge in [-0.2, -0.15) is 0 Å². The molecule has 2 rings (SSSR count). The van der Waals surface area contributed by atoms with E-state index in [1.807, 2.05) is 6.07 Å². The molecule has 2 unspecified atom stereocenters. The molecule has 0 spiro atoms. The predicted molar refractivity (Wildman–Crippen MR) is 82.8 cm³/mol. The number of benzene rings is 1. The number of rotatable bonds is 3. The van der Waals surface area contributed by atoms with Crippen LogP contribution in [0.25, 0.3) is 0 Å². The minimum absolute atomic E-state index is 0.137. The zero-order valence-electron chi connectivity index (χ0n) is 12.0. The number of nitro groups is 1. The lowest BCUT2D eigenvalue weighted by molar-refractivity contribution is -0.385. The van der Waals surface area contributed by atoms with Gasteiger partial charge in [0.05, 0.1) is 9.40 Å². The summed E-state index contributed by atoms with van der Waals surface area (Å²) >= 11 is 3.22. The number of nitro benzene ring substituents is 1. The van der Waals surface area contributed by atoms with E-state index in [4.69, 9.17) is 0 Å². The molecule has 1 aliphatic rings. The third-order valence-electron chi connectivity index (χ3n) is 4.05. The summed E-state index contributed by atoms with van der Waals surface area (Å²) in [5, 5.41) is 11.0. The van der Waals surface area contributed by atoms with Crippen LogP contribution in [0.3, 0.4) is 0 Å². The summed E-state index contributed by atoms with van der Waals surface area (Å²) in [6.45, 7) is 7.17. The van der Waals surface area contributed by atoms with Crippen molar-refractivity contribution < 1.29 is 4.92 Å². The Balaban J connectivity index is 2.11. The van der Waals surface area contributed by atoms with Crippen molar-refractivity contribution in [2.45, 2.75) is 32.5 Å². The van der Waals surface area contributed by atoms with Crippen molar-refractivity contribution in [3.8, 4) is 0 Å². The number of nitrogens with zero attached hydrogens (tertiary/aromatic N) is 3. The summed E-state index contributed by atoms with van der Waals surface area (Å²) in [4.78, 5) is 15.4. The van der Waals surface area contributed by atoms with E-state index in [-0.39, 0.29) is 10.6 Å². The molecule has 110 valence electrons. The maximum atomic E-state index is 11.0. The van der Waals surface area contributed by atoms with Crippen molar-refractivity contribution in [1.82, 2.24) is 9.80 Å². The van der Waals surface area contributed by atoms with Gasteiger partial charge in [-0.25, -0.2) is 0 Å². The van der Waals surface area contributed by atoms with Crippen LogP contribution in [0.4, 0.5) is 5.69 Å². The van der Waals surface area contributed by atoms with Gasteiger partial charge in [0.25, 0.3) is 5.69 Å². The quantitative estimate of drug-likeness (QED) is 0.626. The summed E-state index contributed by atoms with van der Waals surface area (Å²) in [5.74, 6) is 0. The van der Waals surface area contributed by atoms with Crippen LogP contribution in [-0.4, -0.2) is 46.9 Å². The molecule has 0 aliphatic carbocycles. The average Bonchev–Trinajstić information content (AvgIpc) is 2.38. The molecule has 0 aromatic heterocycles. The summed E-state index contributed by atoms with van der Waals surface area (Å²) < 4.78 is 0.534. The first-order valence-electron chi connectivity index (χ1n) is 6.75. The van der Waals surface area contributed by atoms with E-state index < -0.39 is 0 Å². The minimum Gasteiger partial charge on any atom is -0.298 e. The number of hydrogen-bond acceptors (Lipinski definition) is 4. The maximum Gasteiger partial charge on any atom is 0.283 e. The predicted octanol–water partition coefficient (Wildman–Crippen LogP) is 2.88. The monoisotopic (exact) mass is 341 g/mol. The number of halogens is 1. The molecule has 1 saturated heterocycles. The molecule has 0 radical (unpaired) electrons. The lowest BCUT2D eigenvalue weighted by Gasteiger charge is -2.42. The fourth-order valence-electron chi connectivity index (χ4n) is 2.70. The van der Waals surface area contributed by atoms with Crippen molar-refractivity contribution in [1.29, 1.82) is 0 Å². The van der Waals surface area contributed by atoms with Crippen LogP contribution < -0.4 is 0 Å². The van der Waals surface area contributed by atoms with Gasteiger partial charge in [-0.05, 0) is 48.5 Å². The Morgan fingerprint density at radius 1 is 1.35 bits per heavy atom. The molecule has 1 aromatic carbocycles. The standard InChI is InChI=1S/C14H20BrN3O2/c1-10-7-17(8-11(2)16(10)3)9-12-4-5-13(15)14(6-12)18(19)20/h4-6,10-11H,7-9H2,1-3H3. The first-order valence-corrected chi connectivity index (χ1v) is 7.55. The molecule has 1 fully saturated rings. The molecular formula is C14H20BrN3O2. The third-order valence-corrected chi connectivity index (χ3v) is 4.72. The maximum absolute atomic E-state index is 11.0. The Labute approximate surface area is 127 Å². The van der Waals surface area contributed by atoms with Gasteiger partial charge in [0, 0.05) is 37.8 Å². The SMILES string of the molecule is CC1CN(Cc2ccc(Br)c([N+](=O)[O-])c2)CC(C)N1C. The Kier molecular flexibility index (Phi) is 4.78. The molecule has 0 bridgehead atoms. The van der Waals surface area contributed by atoms with Gasteiger partial charge in [0.15, 0.2) is 0 Å². The molecule has 2 atom stereocenters. The highest BCUT2D eigenvalue weighted by Crippen LogP contribution is 2.26. The van der Waals surface area contributed by atoms with Gasteiger partial charge < -0.3 is 0 Å². The summed E-state index contributed by atoms with van der Waals surface area (Å²) in [5.41, 5.74) is 1.13. The molecule has 0 saturated carbocycles. The second-order valence-electron chi connectivity index (χ2n) is 5.60. The van der Waals surface area contributed by atoms with Gasteiger partial charge in [-0.15, -0.1) is 0 Å². The smallest absolute Gasteiger partial charge is 0.283 e. The fraction of sp³-hybridized carbons (Fsp3) is 0.571. The van der Waals surface area contributed by atoms with Crippen molar-refractivity contribution in [3.63, 3.8) is 0 Å². The van der Waals surface area contributed by atoms with Gasteiger partial charge in [0.2, 0.25) is 0 Å². The van der Waals surface area contributed by atoms with Gasteiger partial charge in [-0.1, -0.05) is 6.07 Å². The zero-order valence-corrected chi connectivity index (χ0v) is 13.6. The average molecular weight is 342 g/mol. The van der Waals surface area contributed by atoms with Crippen LogP contribution in [0.15, 0.2) is 22.7 Å². The summed E-state index contributed by atoms with van der Waals surface area (Å²) in [6.07, 6.45) is 0. The summed E-state index contributed by atoms with van der Waals surface area (Å²) in [6, 6.07) is 6.38. The second-order valence-corrected chi connectivity index (χ2v) is 6.45. The molecular weight excluding hydrogens is 322 g/mol. The van der Waals surface area contributed by atoms with Crippen LogP contribution in [0.5, 0.6) is 0 Å². The number of likely N-dealkylation sites (N-methyl/N-ethyl adjacent to an activating group) is 1. The molecule has 1 heterocycles. The fourth-order valence-corrected chi connectivity index (χ4v) is 3.09. The van der Waals surface area contributed by atoms with E-state index in [0.29, 0.717) is 16.6 Å². The van der Waals surface area contributed by atoms with Gasteiger partial charge in [-0.3, -0.25) is 19.9 Å². The van der Waals surface area contributed by atoms with E-state index in [1.165, 1.54) is 0 Å². The highest BCUT2D eigenvalue weighted by molar-refractivity contribution is 9.10. The van der Waals surface area contributed by atoms with Crippen molar-refractivity contribution in [3.05, 3.63) is 38.3 Å². The lowest BCUT2D eigenvalue weighted by atomic mass is 10.1. The molecule has 1 aromatic rings. The molecule has 6 heteroatoms. The molecule has 5 nitrogen and oxygen atoms in total. The third kappa shape index (κ3) is 3.37. The zero-order chi connectivity index (χ0) is 14.9. The lowest BCUT2D eigenvalue weighted by Crippen LogP contribution is -2.54. The minimum atomic E-state index is -0.344. The van der Waals surface area contributed by atoms with Crippen LogP contribution in [0, 0.1) is 10.1 Å². The molecule has 1 aliphatic heterocycles. The Morgan fingerprint density at radius 3 is 2.50 bits per heavy atom. The first kappa shape index (κ1) is 15.4. The number of piperazine rings is 1. The van der Waals surface area contributed by atoms with E-state index in [9.17, 15) is 10.1 Å². The Hall–Kier alpha value is -0.980. The van der Waals surface area contributed by atoms with Crippen molar-refractivity contribution >= 4 is 21.6 Å². The van der Waals surface area contributed by atoms with Gasteiger partial charge in [0.1, 0.15) is 0 Å². The molecule has 20 heavy (non-hydrogen) atoms. The first-order chi connectivity index (χ1) is 9.38. The van der Waals surface area contributed by atoms with Crippen LogP contribution in [0.2, 0.25) is 0 Å². The van der Waals surface area contributed by atoms with E-state index in [0.717, 1.165) is 25.2 Å². The second kappa shape index (κ2) is 6.20. The van der Waals surface area contributed by atoms with E-state index in [2.05, 4.69) is 46.6 Å². The normalized spacial score (nSPS) is 24.8. The Morgan fingerprint density at radius 2 is 1.95 bits per heavy atom. The van der Waals surface area contributed by atoms with E-state index in [1.54, 1.807) is 12.1 Å². The van der Waals surface area contributed by atoms with Crippen LogP contribution >= 0.6 is 15.9 Å². The van der Waals surface area contributed by atoms with Crippen LogP contribution in [0.1, 0.15) is 19.4 Å². The summed E-state index contributed by atoms with van der Waals surface area (Å²) in [7, 11) is 2.15. The topological polar surface area (TPSA) is 49.6 Å². The van der Waals surface area contributed by atoms with Crippen molar-refractivity contribution in [2.75, 3.05) is 20.1 Å². The highest BCUT2D eigenvalue weighted by Gasteiger charge is 2.26. The largest absolute Gasteiger partial charge is 0.298 e. The highest BCUT2D eigenvalue weighted by atomic mass is 79.9. The Bertz CT molecular complexity index is 497.